The Morgan fingerprint density at radius 3 is 2.52 bits per heavy atom. The van der Waals surface area contributed by atoms with Gasteiger partial charge in [0.1, 0.15) is 29.4 Å². The molecule has 3 aromatic rings. The molecule has 2 N–H and O–H groups in total. The molecular formula is C26H31F6N7O3. The smallest absolute Gasteiger partial charge is 0.364 e. The molecule has 0 saturated heterocycles. The van der Waals surface area contributed by atoms with Gasteiger partial charge in [-0.1, -0.05) is 12.1 Å². The molecule has 2 atom stereocenters. The normalized spacial score (nSPS) is 17.3. The van der Waals surface area contributed by atoms with E-state index in [1.807, 2.05) is 0 Å². The Hall–Kier alpha value is -3.85. The molecule has 3 aromatic heterocycles. The zero-order valence-electron chi connectivity index (χ0n) is 23.1. The summed E-state index contributed by atoms with van der Waals surface area (Å²) < 4.78 is 89.0. The lowest BCUT2D eigenvalue weighted by atomic mass is 9.81. The summed E-state index contributed by atoms with van der Waals surface area (Å²) in [5.41, 5.74) is -0.596. The van der Waals surface area contributed by atoms with Crippen LogP contribution in [0.4, 0.5) is 32.0 Å². The quantitative estimate of drug-likeness (QED) is 0.297. The number of hydrogen-bond donors (Lipinski definition) is 2. The van der Waals surface area contributed by atoms with Crippen molar-refractivity contribution < 1.29 is 40.5 Å². The largest absolute Gasteiger partial charge is 0.393 e. The van der Waals surface area contributed by atoms with Crippen LogP contribution in [-0.2, 0) is 11.2 Å². The zero-order chi connectivity index (χ0) is 30.8. The molecule has 2 amide bonds. The highest BCUT2D eigenvalue weighted by atomic mass is 19.4. The highest BCUT2D eigenvalue weighted by Gasteiger charge is 2.41. The number of amides is 2. The minimum Gasteiger partial charge on any atom is -0.364 e. The van der Waals surface area contributed by atoms with E-state index in [0.29, 0.717) is 0 Å². The average molecular weight is 604 g/mol. The van der Waals surface area contributed by atoms with E-state index in [1.165, 1.54) is 16.9 Å². The van der Waals surface area contributed by atoms with Gasteiger partial charge in [0.05, 0.1) is 18.7 Å². The van der Waals surface area contributed by atoms with Gasteiger partial charge in [-0.2, -0.15) is 22.7 Å². The lowest BCUT2D eigenvalue weighted by Crippen LogP contribution is -2.50. The maximum Gasteiger partial charge on any atom is 0.393 e. The number of hydrogen-bond acceptors (Lipinski definition) is 6. The van der Waals surface area contributed by atoms with Crippen LogP contribution in [0.2, 0.25) is 0 Å². The summed E-state index contributed by atoms with van der Waals surface area (Å²) in [4.78, 5) is 26.6. The Balaban J connectivity index is 1.57. The van der Waals surface area contributed by atoms with Crippen LogP contribution >= 0.6 is 0 Å². The summed E-state index contributed by atoms with van der Waals surface area (Å²) >= 11 is 0. The fourth-order valence-corrected chi connectivity index (χ4v) is 5.13. The second kappa shape index (κ2) is 12.2. The van der Waals surface area contributed by atoms with Crippen molar-refractivity contribution in [1.82, 2.24) is 30.0 Å². The molecule has 10 nitrogen and oxygen atoms in total. The molecule has 0 aliphatic heterocycles. The van der Waals surface area contributed by atoms with E-state index in [1.54, 1.807) is 20.8 Å². The Morgan fingerprint density at radius 2 is 1.90 bits per heavy atom. The summed E-state index contributed by atoms with van der Waals surface area (Å²) in [6.07, 6.45) is -3.43. The van der Waals surface area contributed by atoms with Gasteiger partial charge in [-0.05, 0) is 45.1 Å². The van der Waals surface area contributed by atoms with Gasteiger partial charge in [-0.15, -0.1) is 5.10 Å². The number of rotatable bonds is 10. The highest BCUT2D eigenvalue weighted by Crippen LogP contribution is 2.38. The predicted molar refractivity (Wildman–Crippen MR) is 136 cm³/mol. The van der Waals surface area contributed by atoms with E-state index >= 15 is 0 Å². The molecule has 42 heavy (non-hydrogen) atoms. The van der Waals surface area contributed by atoms with Crippen LogP contribution < -0.4 is 10.6 Å². The molecular weight excluding hydrogens is 572 g/mol. The Labute approximate surface area is 236 Å². The van der Waals surface area contributed by atoms with Gasteiger partial charge in [-0.25, -0.2) is 8.78 Å². The van der Waals surface area contributed by atoms with E-state index in [4.69, 9.17) is 4.52 Å². The average Bonchev–Trinajstić information content (AvgIpc) is 3.64. The second-order valence-corrected chi connectivity index (χ2v) is 10.6. The van der Waals surface area contributed by atoms with Gasteiger partial charge in [-0.3, -0.25) is 19.0 Å². The summed E-state index contributed by atoms with van der Waals surface area (Å²) in [7, 11) is 0. The number of aromatic nitrogens is 5. The van der Waals surface area contributed by atoms with Gasteiger partial charge >= 0.3 is 6.18 Å². The highest BCUT2D eigenvalue weighted by molar-refractivity contribution is 6.00. The predicted octanol–water partition coefficient (Wildman–Crippen LogP) is 5.45. The fraction of sp³-hybridized carbons (Fsp3) is 0.577. The van der Waals surface area contributed by atoms with Crippen LogP contribution in [0.1, 0.15) is 86.7 Å². The van der Waals surface area contributed by atoms with Crippen molar-refractivity contribution in [3.63, 3.8) is 0 Å². The van der Waals surface area contributed by atoms with E-state index in [-0.39, 0.29) is 42.3 Å². The Kier molecular flexibility index (Phi) is 9.01. The zero-order valence-corrected chi connectivity index (χ0v) is 23.1. The van der Waals surface area contributed by atoms with Crippen molar-refractivity contribution in [1.29, 1.82) is 0 Å². The third kappa shape index (κ3) is 7.13. The van der Waals surface area contributed by atoms with Crippen LogP contribution in [0, 0.1) is 11.9 Å². The first-order valence-electron chi connectivity index (χ1n) is 13.5. The number of halogens is 6. The minimum absolute atomic E-state index is 0.0669. The van der Waals surface area contributed by atoms with E-state index in [0.717, 1.165) is 17.1 Å². The molecule has 1 saturated carbocycles. The molecule has 16 heteroatoms. The van der Waals surface area contributed by atoms with Crippen molar-refractivity contribution in [2.75, 3.05) is 5.32 Å². The maximum atomic E-state index is 14.9. The van der Waals surface area contributed by atoms with E-state index in [9.17, 15) is 35.9 Å². The third-order valence-corrected chi connectivity index (χ3v) is 7.23. The molecule has 3 heterocycles. The molecule has 0 radical (unpaired) electrons. The summed E-state index contributed by atoms with van der Waals surface area (Å²) in [6, 6.07) is -0.990. The first kappa shape index (κ1) is 31.1. The SMILES string of the molecule is CCC(c1nocc1CC(F)(F)F)n1cc(NC(=O)[C@@H](NC(=O)c2ccnn2C(C)C)C2CCC(F)(F)CC2)c(F)n1. The Bertz CT molecular complexity index is 1390. The first-order chi connectivity index (χ1) is 19.7. The molecule has 1 aliphatic carbocycles. The van der Waals surface area contributed by atoms with Crippen LogP contribution in [0.3, 0.4) is 0 Å². The summed E-state index contributed by atoms with van der Waals surface area (Å²) in [5.74, 6) is -6.23. The van der Waals surface area contributed by atoms with Crippen molar-refractivity contribution in [2.24, 2.45) is 5.92 Å². The molecule has 0 bridgehead atoms. The molecule has 0 aromatic carbocycles. The molecule has 1 fully saturated rings. The van der Waals surface area contributed by atoms with Crippen molar-refractivity contribution in [3.8, 4) is 0 Å². The van der Waals surface area contributed by atoms with Crippen LogP contribution in [0.5, 0.6) is 0 Å². The van der Waals surface area contributed by atoms with Crippen molar-refractivity contribution in [3.05, 3.63) is 47.6 Å². The molecule has 0 spiro atoms. The van der Waals surface area contributed by atoms with Crippen LogP contribution in [0.25, 0.3) is 0 Å². The second-order valence-electron chi connectivity index (χ2n) is 10.6. The van der Waals surface area contributed by atoms with Gasteiger partial charge in [0, 0.05) is 30.6 Å². The lowest BCUT2D eigenvalue weighted by molar-refractivity contribution is -0.127. The van der Waals surface area contributed by atoms with Crippen LogP contribution in [-0.4, -0.2) is 54.7 Å². The van der Waals surface area contributed by atoms with Gasteiger partial charge in [0.25, 0.3) is 11.9 Å². The van der Waals surface area contributed by atoms with Gasteiger partial charge in [0.2, 0.25) is 11.8 Å². The van der Waals surface area contributed by atoms with Crippen molar-refractivity contribution in [2.45, 2.75) is 89.5 Å². The van der Waals surface area contributed by atoms with Crippen LogP contribution in [0.15, 0.2) is 29.2 Å². The third-order valence-electron chi connectivity index (χ3n) is 7.23. The molecule has 4 rings (SSSR count). The molecule has 1 aliphatic rings. The number of anilines is 1. The van der Waals surface area contributed by atoms with Crippen molar-refractivity contribution >= 4 is 17.5 Å². The fourth-order valence-electron chi connectivity index (χ4n) is 5.13. The maximum absolute atomic E-state index is 14.9. The lowest BCUT2D eigenvalue weighted by Gasteiger charge is -2.33. The van der Waals surface area contributed by atoms with E-state index < -0.39 is 72.8 Å². The van der Waals surface area contributed by atoms with Gasteiger partial charge in [0.15, 0.2) is 0 Å². The van der Waals surface area contributed by atoms with E-state index in [2.05, 4.69) is 26.0 Å². The summed E-state index contributed by atoms with van der Waals surface area (Å²) in [5, 5.41) is 16.5. The monoisotopic (exact) mass is 603 g/mol. The minimum atomic E-state index is -4.54. The summed E-state index contributed by atoms with van der Waals surface area (Å²) in [6.45, 7) is 5.22. The number of alkyl halides is 5. The first-order valence-corrected chi connectivity index (χ1v) is 13.5. The number of carbonyl (C=O) groups excluding carboxylic acids is 2. The number of carbonyl (C=O) groups is 2. The topological polar surface area (TPSA) is 120 Å². The molecule has 230 valence electrons. The number of nitrogens with zero attached hydrogens (tertiary/aromatic N) is 5. The Morgan fingerprint density at radius 1 is 1.21 bits per heavy atom. The molecule has 1 unspecified atom stereocenters. The van der Waals surface area contributed by atoms with Gasteiger partial charge < -0.3 is 15.2 Å². The standard InChI is InChI=1S/C26H31F6N7O3/c1-4-18(20-16(13-42-37-20)11-26(30,31)32)38-12-17(22(27)36-38)34-24(41)21(15-5-8-25(28,29)9-6-15)35-23(40)19-7-10-33-39(19)14(2)3/h7,10,12-15,18,21H,4-6,8-9,11H2,1-3H3,(H,34,41)(H,35,40)/t18?,21-/m0/s1. The number of nitrogens with one attached hydrogen (secondary N) is 2.